The van der Waals surface area contributed by atoms with Crippen molar-refractivity contribution in [2.45, 2.75) is 18.9 Å². The lowest BCUT2D eigenvalue weighted by Crippen LogP contribution is -2.15. The number of hydrogen-bond donors (Lipinski definition) is 1. The molecule has 1 atom stereocenters. The van der Waals surface area contributed by atoms with Crippen LogP contribution < -0.4 is 5.32 Å². The number of fused-ring (bicyclic) bond motifs is 1. The van der Waals surface area contributed by atoms with Crippen LogP contribution in [-0.2, 0) is 6.42 Å². The maximum Gasteiger partial charge on any atom is 0.124 e. The van der Waals surface area contributed by atoms with Gasteiger partial charge < -0.3 is 5.32 Å². The fourth-order valence-corrected chi connectivity index (χ4v) is 4.31. The first-order chi connectivity index (χ1) is 9.76. The normalized spacial score (nSPS) is 12.9. The first-order valence-corrected chi connectivity index (χ1v) is 8.39. The monoisotopic (exact) mass is 305 g/mol. The summed E-state index contributed by atoms with van der Waals surface area (Å²) in [4.78, 5) is 1.28. The van der Waals surface area contributed by atoms with Crippen molar-refractivity contribution in [1.82, 2.24) is 5.32 Å². The summed E-state index contributed by atoms with van der Waals surface area (Å²) in [5, 5.41) is 8.82. The zero-order chi connectivity index (χ0) is 13.9. The van der Waals surface area contributed by atoms with E-state index in [0.29, 0.717) is 6.04 Å². The van der Waals surface area contributed by atoms with Crippen molar-refractivity contribution >= 4 is 32.8 Å². The third kappa shape index (κ3) is 2.92. The molecule has 20 heavy (non-hydrogen) atoms. The Hall–Kier alpha value is -1.23. The van der Waals surface area contributed by atoms with Crippen LogP contribution in [0.15, 0.2) is 41.1 Å². The van der Waals surface area contributed by atoms with Crippen molar-refractivity contribution in [2.24, 2.45) is 0 Å². The average Bonchev–Trinajstić information content (AvgIpc) is 3.08. The number of thiophene rings is 2. The molecule has 0 saturated carbocycles. The molecule has 0 aliphatic heterocycles. The summed E-state index contributed by atoms with van der Waals surface area (Å²) in [5.74, 6) is -0.162. The molecule has 3 aromatic rings. The van der Waals surface area contributed by atoms with Gasteiger partial charge in [0.1, 0.15) is 5.82 Å². The summed E-state index contributed by atoms with van der Waals surface area (Å²) >= 11 is 3.42. The SMILES string of the molecule is CNC(CCc1ccsc1)c1cc2ccc(F)cc2s1. The summed E-state index contributed by atoms with van der Waals surface area (Å²) < 4.78 is 14.3. The maximum atomic E-state index is 13.3. The minimum Gasteiger partial charge on any atom is -0.312 e. The second kappa shape index (κ2) is 6.04. The number of halogens is 1. The predicted octanol–water partition coefficient (Wildman–Crippen LogP) is 5.00. The summed E-state index contributed by atoms with van der Waals surface area (Å²) in [7, 11) is 1.99. The van der Waals surface area contributed by atoms with Crippen LogP contribution in [0.5, 0.6) is 0 Å². The topological polar surface area (TPSA) is 12.0 Å². The van der Waals surface area contributed by atoms with Crippen molar-refractivity contribution in [3.05, 3.63) is 57.3 Å². The van der Waals surface area contributed by atoms with Gasteiger partial charge in [0.15, 0.2) is 0 Å². The third-order valence-electron chi connectivity index (χ3n) is 3.49. The summed E-state index contributed by atoms with van der Waals surface area (Å²) in [6.45, 7) is 0. The minimum atomic E-state index is -0.162. The largest absolute Gasteiger partial charge is 0.312 e. The molecule has 1 aromatic carbocycles. The molecule has 2 heterocycles. The van der Waals surface area contributed by atoms with E-state index in [1.165, 1.54) is 16.5 Å². The van der Waals surface area contributed by atoms with Crippen LogP contribution >= 0.6 is 22.7 Å². The van der Waals surface area contributed by atoms with Gasteiger partial charge in [-0.25, -0.2) is 4.39 Å². The van der Waals surface area contributed by atoms with Crippen LogP contribution in [0.3, 0.4) is 0 Å². The predicted molar refractivity (Wildman–Crippen MR) is 86.2 cm³/mol. The van der Waals surface area contributed by atoms with Gasteiger partial charge in [0.25, 0.3) is 0 Å². The molecule has 2 aromatic heterocycles. The summed E-state index contributed by atoms with van der Waals surface area (Å²) in [6, 6.07) is 9.69. The van der Waals surface area contributed by atoms with Crippen LogP contribution in [0.4, 0.5) is 4.39 Å². The van der Waals surface area contributed by atoms with Crippen LogP contribution in [0, 0.1) is 5.82 Å². The molecule has 104 valence electrons. The molecule has 1 nitrogen and oxygen atoms in total. The molecule has 0 spiro atoms. The van der Waals surface area contributed by atoms with Gasteiger partial charge >= 0.3 is 0 Å². The van der Waals surface area contributed by atoms with Gasteiger partial charge in [-0.3, -0.25) is 0 Å². The molecule has 4 heteroatoms. The van der Waals surface area contributed by atoms with E-state index in [-0.39, 0.29) is 5.82 Å². The molecule has 3 rings (SSSR count). The fourth-order valence-electron chi connectivity index (χ4n) is 2.37. The molecule has 0 bridgehead atoms. The Morgan fingerprint density at radius 1 is 1.25 bits per heavy atom. The highest BCUT2D eigenvalue weighted by Crippen LogP contribution is 2.32. The van der Waals surface area contributed by atoms with E-state index >= 15 is 0 Å². The van der Waals surface area contributed by atoms with E-state index in [2.05, 4.69) is 28.2 Å². The van der Waals surface area contributed by atoms with Crippen molar-refractivity contribution in [1.29, 1.82) is 0 Å². The Morgan fingerprint density at radius 2 is 2.15 bits per heavy atom. The molecule has 0 fully saturated rings. The highest BCUT2D eigenvalue weighted by atomic mass is 32.1. The van der Waals surface area contributed by atoms with Crippen LogP contribution in [0.2, 0.25) is 0 Å². The summed E-state index contributed by atoms with van der Waals surface area (Å²) in [6.07, 6.45) is 2.13. The lowest BCUT2D eigenvalue weighted by atomic mass is 10.1. The Kier molecular flexibility index (Phi) is 4.15. The number of benzene rings is 1. The average molecular weight is 305 g/mol. The lowest BCUT2D eigenvalue weighted by molar-refractivity contribution is 0.558. The Balaban J connectivity index is 1.79. The zero-order valence-electron chi connectivity index (χ0n) is 11.2. The van der Waals surface area contributed by atoms with Gasteiger partial charge in [0.05, 0.1) is 0 Å². The number of hydrogen-bond acceptors (Lipinski definition) is 3. The molecule has 0 saturated heterocycles. The quantitative estimate of drug-likeness (QED) is 0.700. The minimum absolute atomic E-state index is 0.162. The highest BCUT2D eigenvalue weighted by Gasteiger charge is 2.13. The van der Waals surface area contributed by atoms with Crippen LogP contribution in [0.25, 0.3) is 10.1 Å². The third-order valence-corrected chi connectivity index (χ3v) is 5.44. The molecule has 1 N–H and O–H groups in total. The highest BCUT2D eigenvalue weighted by molar-refractivity contribution is 7.19. The number of rotatable bonds is 5. The first kappa shape index (κ1) is 13.7. The maximum absolute atomic E-state index is 13.3. The van der Waals surface area contributed by atoms with Gasteiger partial charge in [-0.2, -0.15) is 11.3 Å². The summed E-state index contributed by atoms with van der Waals surface area (Å²) in [5.41, 5.74) is 1.39. The van der Waals surface area contributed by atoms with Gasteiger partial charge in [-0.15, -0.1) is 11.3 Å². The van der Waals surface area contributed by atoms with Crippen molar-refractivity contribution in [3.8, 4) is 0 Å². The molecule has 0 amide bonds. The standard InChI is InChI=1S/C16H16FNS2/c1-18-14(5-2-11-6-7-19-10-11)16-8-12-3-4-13(17)9-15(12)20-16/h3-4,6-10,14,18H,2,5H2,1H3. The van der Waals surface area contributed by atoms with E-state index in [1.54, 1.807) is 28.7 Å². The number of aryl methyl sites for hydroxylation is 1. The second-order valence-electron chi connectivity index (χ2n) is 4.84. The second-order valence-corrected chi connectivity index (χ2v) is 6.74. The first-order valence-electron chi connectivity index (χ1n) is 6.63. The molecule has 0 radical (unpaired) electrons. The van der Waals surface area contributed by atoms with E-state index in [9.17, 15) is 4.39 Å². The van der Waals surface area contributed by atoms with Crippen molar-refractivity contribution in [3.63, 3.8) is 0 Å². The molecule has 0 aliphatic carbocycles. The lowest BCUT2D eigenvalue weighted by Gasteiger charge is -2.13. The van der Waals surface area contributed by atoms with E-state index in [0.717, 1.165) is 22.9 Å². The van der Waals surface area contributed by atoms with E-state index < -0.39 is 0 Å². The van der Waals surface area contributed by atoms with Gasteiger partial charge in [-0.1, -0.05) is 6.07 Å². The zero-order valence-corrected chi connectivity index (χ0v) is 12.9. The van der Waals surface area contributed by atoms with Gasteiger partial charge in [0, 0.05) is 15.6 Å². The van der Waals surface area contributed by atoms with Crippen molar-refractivity contribution < 1.29 is 4.39 Å². The van der Waals surface area contributed by atoms with Crippen molar-refractivity contribution in [2.75, 3.05) is 7.05 Å². The smallest absolute Gasteiger partial charge is 0.124 e. The van der Waals surface area contributed by atoms with Gasteiger partial charge in [0.2, 0.25) is 0 Å². The molecule has 1 unspecified atom stereocenters. The molecular weight excluding hydrogens is 289 g/mol. The Bertz CT molecular complexity index is 688. The van der Waals surface area contributed by atoms with E-state index in [1.807, 2.05) is 13.1 Å². The molecular formula is C16H16FNS2. The number of nitrogens with one attached hydrogen (secondary N) is 1. The fraction of sp³-hybridized carbons (Fsp3) is 0.250. The Labute approximate surface area is 126 Å². The Morgan fingerprint density at radius 3 is 2.90 bits per heavy atom. The van der Waals surface area contributed by atoms with E-state index in [4.69, 9.17) is 0 Å². The van der Waals surface area contributed by atoms with Gasteiger partial charge in [-0.05, 0) is 65.9 Å². The van der Waals surface area contributed by atoms with Crippen LogP contribution in [0.1, 0.15) is 22.9 Å². The van der Waals surface area contributed by atoms with Crippen LogP contribution in [-0.4, -0.2) is 7.05 Å². The molecule has 0 aliphatic rings.